The number of allylic oxidation sites excluding steroid dienone is 4. The molecule has 0 saturated carbocycles. The molecular weight excluding hydrogens is 327 g/mol. The Morgan fingerprint density at radius 3 is 2.33 bits per heavy atom. The van der Waals surface area contributed by atoms with Crippen molar-refractivity contribution in [3.8, 4) is 0 Å². The fourth-order valence-electron chi connectivity index (χ4n) is 1.31. The first kappa shape index (κ1) is 10.3. The maximum absolute atomic E-state index is 2.51. The Balaban J connectivity index is 2.63. The van der Waals surface area contributed by atoms with Crippen molar-refractivity contribution < 1.29 is 16.1 Å². The Hall–Kier alpha value is 0.168. The first-order valence-corrected chi connectivity index (χ1v) is 12.3. The van der Waals surface area contributed by atoms with Crippen molar-refractivity contribution in [3.63, 3.8) is 0 Å². The van der Waals surface area contributed by atoms with E-state index in [1.165, 1.54) is 25.7 Å². The van der Waals surface area contributed by atoms with Crippen molar-refractivity contribution in [3.05, 3.63) is 22.2 Å². The fraction of sp³-hybridized carbons (Fsp3) is 0.636. The summed E-state index contributed by atoms with van der Waals surface area (Å²) in [6.45, 7) is 0. The van der Waals surface area contributed by atoms with Gasteiger partial charge in [0.2, 0.25) is 0 Å². The standard InChI is InChI=1S/C8H11.3CH3.Pt/c1-2-4-6-8-7-5-3-1;;;;/h1-2,7H,3-6H2;3*1H3;. The van der Waals surface area contributed by atoms with Gasteiger partial charge in [-0.25, -0.2) is 0 Å². The second-order valence-corrected chi connectivity index (χ2v) is 15.3. The van der Waals surface area contributed by atoms with Crippen molar-refractivity contribution in [2.24, 2.45) is 0 Å². The van der Waals surface area contributed by atoms with Gasteiger partial charge in [0.05, 0.1) is 0 Å². The van der Waals surface area contributed by atoms with Gasteiger partial charge >= 0.3 is 79.9 Å². The van der Waals surface area contributed by atoms with Crippen LogP contribution in [0.2, 0.25) is 15.9 Å². The van der Waals surface area contributed by atoms with E-state index in [9.17, 15) is 0 Å². The van der Waals surface area contributed by atoms with Gasteiger partial charge in [-0.3, -0.25) is 0 Å². The second-order valence-electron chi connectivity index (χ2n) is 3.62. The van der Waals surface area contributed by atoms with Crippen LogP contribution < -0.4 is 0 Å². The van der Waals surface area contributed by atoms with E-state index in [0.717, 1.165) is 0 Å². The molecule has 0 fully saturated rings. The van der Waals surface area contributed by atoms with E-state index in [1.54, 1.807) is 0 Å². The molecule has 1 aliphatic rings. The zero-order valence-corrected chi connectivity index (χ0v) is 10.6. The first-order valence-electron chi connectivity index (χ1n) is 4.31. The number of rotatable bonds is 1. The van der Waals surface area contributed by atoms with Crippen LogP contribution in [0.5, 0.6) is 0 Å². The molecule has 12 heavy (non-hydrogen) atoms. The summed E-state index contributed by atoms with van der Waals surface area (Å²) in [4.78, 5) is 0. The quantitative estimate of drug-likeness (QED) is 0.621. The third kappa shape index (κ3) is 3.27. The summed E-state index contributed by atoms with van der Waals surface area (Å²) >= 11 is -1.39. The van der Waals surface area contributed by atoms with Crippen LogP contribution in [0, 0.1) is 0 Å². The zero-order valence-electron chi connectivity index (χ0n) is 8.38. The van der Waals surface area contributed by atoms with Crippen molar-refractivity contribution in [2.45, 2.75) is 41.6 Å². The van der Waals surface area contributed by atoms with Gasteiger partial charge in [-0.1, -0.05) is 0 Å². The van der Waals surface area contributed by atoms with Crippen molar-refractivity contribution in [1.82, 2.24) is 0 Å². The zero-order chi connectivity index (χ0) is 9.03. The molecule has 0 amide bonds. The van der Waals surface area contributed by atoms with Gasteiger partial charge in [0.1, 0.15) is 0 Å². The van der Waals surface area contributed by atoms with Crippen LogP contribution in [0.15, 0.2) is 22.2 Å². The summed E-state index contributed by atoms with van der Waals surface area (Å²) in [6.07, 6.45) is 12.3. The predicted molar refractivity (Wildman–Crippen MR) is 53.3 cm³/mol. The molecule has 0 aromatic rings. The molecule has 0 N–H and O–H groups in total. The Morgan fingerprint density at radius 1 is 1.00 bits per heavy atom. The SMILES string of the molecule is [CH3][Pt]([CH3])([CH3])[C]1=CCCC=CCC1. The minimum absolute atomic E-state index is 1.25. The third-order valence-electron chi connectivity index (χ3n) is 2.00. The Labute approximate surface area is 79.9 Å². The van der Waals surface area contributed by atoms with Crippen LogP contribution in [0.3, 0.4) is 0 Å². The molecule has 0 aromatic heterocycles. The minimum atomic E-state index is -1.39. The molecule has 0 aliphatic heterocycles. The van der Waals surface area contributed by atoms with Crippen LogP contribution in [-0.2, 0) is 16.1 Å². The molecule has 0 heterocycles. The van der Waals surface area contributed by atoms with E-state index in [1.807, 2.05) is 3.96 Å². The molecule has 0 saturated heterocycles. The topological polar surface area (TPSA) is 0 Å². The third-order valence-corrected chi connectivity index (χ3v) is 7.41. The maximum atomic E-state index is 2.51. The fourth-order valence-corrected chi connectivity index (χ4v) is 5.06. The molecule has 0 aromatic carbocycles. The predicted octanol–water partition coefficient (Wildman–Crippen LogP) is 4.30. The van der Waals surface area contributed by atoms with E-state index in [-0.39, 0.29) is 0 Å². The summed E-state index contributed by atoms with van der Waals surface area (Å²) < 4.78 is 1.81. The van der Waals surface area contributed by atoms with E-state index in [0.29, 0.717) is 0 Å². The Bertz CT molecular complexity index is 194. The van der Waals surface area contributed by atoms with Gasteiger partial charge in [-0.2, -0.15) is 0 Å². The summed E-state index contributed by atoms with van der Waals surface area (Å²) in [5.41, 5.74) is 0. The molecule has 0 spiro atoms. The summed E-state index contributed by atoms with van der Waals surface area (Å²) in [7, 11) is 0. The Kier molecular flexibility index (Phi) is 3.77. The van der Waals surface area contributed by atoms with Crippen molar-refractivity contribution in [2.75, 3.05) is 0 Å². The molecule has 1 heteroatoms. The summed E-state index contributed by atoms with van der Waals surface area (Å²) in [6, 6.07) is 0. The molecule has 0 radical (unpaired) electrons. The monoisotopic (exact) mass is 347 g/mol. The van der Waals surface area contributed by atoms with Crippen LogP contribution in [-0.4, -0.2) is 0 Å². The summed E-state index contributed by atoms with van der Waals surface area (Å²) in [5.74, 6) is 0. The molecule has 0 unspecified atom stereocenters. The molecule has 1 rings (SSSR count). The average molecular weight is 347 g/mol. The van der Waals surface area contributed by atoms with E-state index in [4.69, 9.17) is 0 Å². The molecular formula is C11H20Pt. The van der Waals surface area contributed by atoms with E-state index in [2.05, 4.69) is 34.2 Å². The van der Waals surface area contributed by atoms with Gasteiger partial charge in [0.15, 0.2) is 0 Å². The van der Waals surface area contributed by atoms with Crippen LogP contribution in [0.1, 0.15) is 25.7 Å². The average Bonchev–Trinajstić information content (AvgIpc) is 1.81. The number of hydrogen-bond donors (Lipinski definition) is 0. The normalized spacial score (nSPS) is 21.1. The van der Waals surface area contributed by atoms with E-state index < -0.39 is 16.1 Å². The van der Waals surface area contributed by atoms with Gasteiger partial charge in [-0.15, -0.1) is 0 Å². The molecule has 0 nitrogen and oxygen atoms in total. The van der Waals surface area contributed by atoms with Crippen LogP contribution in [0.25, 0.3) is 0 Å². The molecule has 0 atom stereocenters. The summed E-state index contributed by atoms with van der Waals surface area (Å²) in [5, 5.41) is 7.47. The van der Waals surface area contributed by atoms with Crippen molar-refractivity contribution in [1.29, 1.82) is 0 Å². The van der Waals surface area contributed by atoms with E-state index >= 15 is 0 Å². The first-order chi connectivity index (χ1) is 5.61. The van der Waals surface area contributed by atoms with Crippen molar-refractivity contribution >= 4 is 0 Å². The van der Waals surface area contributed by atoms with Gasteiger partial charge < -0.3 is 0 Å². The molecule has 0 bridgehead atoms. The van der Waals surface area contributed by atoms with Gasteiger partial charge in [-0.05, 0) is 0 Å². The molecule has 74 valence electrons. The number of hydrogen-bond acceptors (Lipinski definition) is 0. The van der Waals surface area contributed by atoms with Gasteiger partial charge in [0, 0.05) is 0 Å². The van der Waals surface area contributed by atoms with Gasteiger partial charge in [0.25, 0.3) is 0 Å². The van der Waals surface area contributed by atoms with Crippen LogP contribution >= 0.6 is 0 Å². The second kappa shape index (κ2) is 4.42. The molecule has 1 aliphatic carbocycles. The van der Waals surface area contributed by atoms with Crippen LogP contribution in [0.4, 0.5) is 0 Å². The Morgan fingerprint density at radius 2 is 1.67 bits per heavy atom.